The normalized spacial score (nSPS) is 14.0. The van der Waals surface area contributed by atoms with Crippen LogP contribution < -0.4 is 4.98 Å². The molecule has 0 aliphatic carbocycles. The summed E-state index contributed by atoms with van der Waals surface area (Å²) in [6.07, 6.45) is 0. The standard InChI is InChI=1S/C14H25NO2Si2/c1-18(2,3)15-13(12-10-8-7-9-11-12)14(16)17-19(4,5)6/h7-11,13,15H,1-6H3/t13-/m1/s1. The number of nitrogens with one attached hydrogen (secondary N) is 1. The number of carbonyl (C=O) groups is 1. The molecule has 0 fully saturated rings. The van der Waals surface area contributed by atoms with E-state index >= 15 is 0 Å². The second-order valence-corrected chi connectivity index (χ2v) is 16.0. The van der Waals surface area contributed by atoms with Gasteiger partial charge in [0.15, 0.2) is 0 Å². The van der Waals surface area contributed by atoms with Gasteiger partial charge in [0.2, 0.25) is 8.32 Å². The average molecular weight is 296 g/mol. The Bertz CT molecular complexity index is 421. The van der Waals surface area contributed by atoms with Crippen LogP contribution in [-0.4, -0.2) is 22.5 Å². The highest BCUT2D eigenvalue weighted by molar-refractivity contribution is 6.74. The zero-order valence-electron chi connectivity index (χ0n) is 12.8. The summed E-state index contributed by atoms with van der Waals surface area (Å²) in [4.78, 5) is 15.9. The van der Waals surface area contributed by atoms with Crippen LogP contribution in [0.4, 0.5) is 0 Å². The molecule has 0 amide bonds. The first kappa shape index (κ1) is 16.1. The molecular formula is C14H25NO2Si2. The summed E-state index contributed by atoms with van der Waals surface area (Å²) in [5, 5.41) is 0. The summed E-state index contributed by atoms with van der Waals surface area (Å²) >= 11 is 0. The molecule has 3 nitrogen and oxygen atoms in total. The van der Waals surface area contributed by atoms with Crippen molar-refractivity contribution < 1.29 is 9.22 Å². The third-order valence-corrected chi connectivity index (χ3v) is 4.32. The number of hydrogen-bond acceptors (Lipinski definition) is 3. The number of carbonyl (C=O) groups excluding carboxylic acids is 1. The first-order valence-corrected chi connectivity index (χ1v) is 13.5. The Morgan fingerprint density at radius 1 is 1.05 bits per heavy atom. The Kier molecular flexibility index (Phi) is 5.12. The van der Waals surface area contributed by atoms with Crippen LogP contribution in [0, 0.1) is 0 Å². The molecular weight excluding hydrogens is 270 g/mol. The number of rotatable bonds is 5. The second-order valence-electron chi connectivity index (χ2n) is 6.77. The molecule has 106 valence electrons. The summed E-state index contributed by atoms with van der Waals surface area (Å²) in [5.41, 5.74) is 0.980. The van der Waals surface area contributed by atoms with E-state index in [4.69, 9.17) is 4.43 Å². The van der Waals surface area contributed by atoms with Gasteiger partial charge < -0.3 is 9.41 Å². The van der Waals surface area contributed by atoms with Gasteiger partial charge in [0.1, 0.15) is 14.3 Å². The third kappa shape index (κ3) is 6.18. The third-order valence-electron chi connectivity index (χ3n) is 2.35. The van der Waals surface area contributed by atoms with Gasteiger partial charge in [-0.2, -0.15) is 0 Å². The summed E-state index contributed by atoms with van der Waals surface area (Å²) in [7, 11) is -3.44. The largest absolute Gasteiger partial charge is 0.519 e. The van der Waals surface area contributed by atoms with Crippen LogP contribution in [0.5, 0.6) is 0 Å². The highest BCUT2D eigenvalue weighted by Crippen LogP contribution is 2.19. The monoisotopic (exact) mass is 295 g/mol. The van der Waals surface area contributed by atoms with Crippen LogP contribution in [0.15, 0.2) is 30.3 Å². The molecule has 0 spiro atoms. The molecule has 5 heteroatoms. The van der Waals surface area contributed by atoms with Gasteiger partial charge in [0, 0.05) is 0 Å². The summed E-state index contributed by atoms with van der Waals surface area (Å²) in [6.45, 7) is 12.6. The van der Waals surface area contributed by atoms with Gasteiger partial charge >= 0.3 is 5.97 Å². The lowest BCUT2D eigenvalue weighted by molar-refractivity contribution is -0.137. The Morgan fingerprint density at radius 2 is 1.58 bits per heavy atom. The molecule has 0 aliphatic heterocycles. The Hall–Kier alpha value is -0.916. The SMILES string of the molecule is C[Si](C)(C)N[C@@H](C(=O)O[Si](C)(C)C)c1ccccc1. The van der Waals surface area contributed by atoms with Crippen molar-refractivity contribution in [1.29, 1.82) is 0 Å². The van der Waals surface area contributed by atoms with Crippen LogP contribution in [0.1, 0.15) is 11.6 Å². The number of benzene rings is 1. The fourth-order valence-electron chi connectivity index (χ4n) is 1.72. The molecule has 19 heavy (non-hydrogen) atoms. The average Bonchev–Trinajstić information content (AvgIpc) is 2.23. The molecule has 0 saturated heterocycles. The minimum absolute atomic E-state index is 0.146. The molecule has 1 N–H and O–H groups in total. The molecule has 0 unspecified atom stereocenters. The molecule has 0 radical (unpaired) electrons. The summed E-state index contributed by atoms with van der Waals surface area (Å²) in [5.74, 6) is -0.146. The molecule has 1 aromatic rings. The Morgan fingerprint density at radius 3 is 2.00 bits per heavy atom. The fourth-order valence-corrected chi connectivity index (χ4v) is 3.59. The lowest BCUT2D eigenvalue weighted by atomic mass is 10.1. The van der Waals surface area contributed by atoms with Crippen molar-refractivity contribution in [3.8, 4) is 0 Å². The minimum Gasteiger partial charge on any atom is -0.519 e. The van der Waals surface area contributed by atoms with Crippen molar-refractivity contribution in [2.45, 2.75) is 45.3 Å². The van der Waals surface area contributed by atoms with Gasteiger partial charge in [-0.15, -0.1) is 0 Å². The zero-order valence-corrected chi connectivity index (χ0v) is 14.8. The van der Waals surface area contributed by atoms with Crippen molar-refractivity contribution in [1.82, 2.24) is 4.98 Å². The van der Waals surface area contributed by atoms with E-state index in [9.17, 15) is 4.79 Å². The van der Waals surface area contributed by atoms with Gasteiger partial charge in [0.05, 0.1) is 0 Å². The van der Waals surface area contributed by atoms with Crippen LogP contribution in [0.3, 0.4) is 0 Å². The van der Waals surface area contributed by atoms with E-state index in [1.165, 1.54) is 0 Å². The molecule has 1 aromatic carbocycles. The van der Waals surface area contributed by atoms with E-state index in [1.807, 2.05) is 50.0 Å². The molecule has 1 rings (SSSR count). The summed E-state index contributed by atoms with van der Waals surface area (Å²) in [6, 6.07) is 9.47. The lowest BCUT2D eigenvalue weighted by Crippen LogP contribution is -2.48. The van der Waals surface area contributed by atoms with Gasteiger partial charge in [-0.1, -0.05) is 50.0 Å². The van der Waals surface area contributed by atoms with Crippen molar-refractivity contribution in [3.63, 3.8) is 0 Å². The topological polar surface area (TPSA) is 38.3 Å². The molecule has 0 heterocycles. The van der Waals surface area contributed by atoms with Crippen LogP contribution in [-0.2, 0) is 9.22 Å². The zero-order chi connectivity index (χ0) is 14.7. The van der Waals surface area contributed by atoms with Crippen molar-refractivity contribution in [3.05, 3.63) is 35.9 Å². The molecule has 0 aliphatic rings. The van der Waals surface area contributed by atoms with E-state index in [-0.39, 0.29) is 12.0 Å². The highest BCUT2D eigenvalue weighted by atomic mass is 28.4. The van der Waals surface area contributed by atoms with Gasteiger partial charge in [-0.3, -0.25) is 4.79 Å². The second kappa shape index (κ2) is 6.02. The maximum absolute atomic E-state index is 12.4. The van der Waals surface area contributed by atoms with E-state index in [0.29, 0.717) is 0 Å². The van der Waals surface area contributed by atoms with Gasteiger partial charge in [0.25, 0.3) is 0 Å². The smallest absolute Gasteiger partial charge is 0.313 e. The number of hydrogen-bond donors (Lipinski definition) is 1. The van der Waals surface area contributed by atoms with Gasteiger partial charge in [-0.25, -0.2) is 0 Å². The predicted octanol–water partition coefficient (Wildman–Crippen LogP) is 3.53. The minimum atomic E-state index is -1.87. The van der Waals surface area contributed by atoms with Crippen molar-refractivity contribution in [2.75, 3.05) is 0 Å². The maximum atomic E-state index is 12.4. The summed E-state index contributed by atoms with van der Waals surface area (Å²) < 4.78 is 5.66. The molecule has 1 atom stereocenters. The quantitative estimate of drug-likeness (QED) is 0.845. The first-order valence-electron chi connectivity index (χ1n) is 6.64. The van der Waals surface area contributed by atoms with E-state index in [0.717, 1.165) is 5.56 Å². The van der Waals surface area contributed by atoms with Crippen LogP contribution >= 0.6 is 0 Å². The van der Waals surface area contributed by atoms with Crippen molar-refractivity contribution >= 4 is 22.5 Å². The molecule has 0 aromatic heterocycles. The van der Waals surface area contributed by atoms with Crippen LogP contribution in [0.2, 0.25) is 39.3 Å². The van der Waals surface area contributed by atoms with E-state index in [1.54, 1.807) is 0 Å². The van der Waals surface area contributed by atoms with Gasteiger partial charge in [-0.05, 0) is 25.2 Å². The van der Waals surface area contributed by atoms with E-state index in [2.05, 4.69) is 24.6 Å². The first-order chi connectivity index (χ1) is 8.58. The lowest BCUT2D eigenvalue weighted by Gasteiger charge is -2.29. The van der Waals surface area contributed by atoms with Crippen molar-refractivity contribution in [2.24, 2.45) is 0 Å². The van der Waals surface area contributed by atoms with E-state index < -0.39 is 16.6 Å². The maximum Gasteiger partial charge on any atom is 0.313 e. The Balaban J connectivity index is 2.97. The highest BCUT2D eigenvalue weighted by Gasteiger charge is 2.30. The molecule has 0 saturated carbocycles. The predicted molar refractivity (Wildman–Crippen MR) is 85.1 cm³/mol. The van der Waals surface area contributed by atoms with Crippen LogP contribution in [0.25, 0.3) is 0 Å². The fraction of sp³-hybridized carbons (Fsp3) is 0.500. The molecule has 0 bridgehead atoms. The Labute approximate surface area is 118 Å².